The molecule has 0 heterocycles. The normalized spacial score (nSPS) is 11.8. The van der Waals surface area contributed by atoms with E-state index in [1.54, 1.807) is 7.05 Å². The zero-order valence-corrected chi connectivity index (χ0v) is 10.2. The van der Waals surface area contributed by atoms with Gasteiger partial charge in [0.1, 0.15) is 0 Å². The minimum absolute atomic E-state index is 0.554. The van der Waals surface area contributed by atoms with E-state index in [2.05, 4.69) is 47.5 Å². The summed E-state index contributed by atoms with van der Waals surface area (Å²) >= 11 is 0. The molecule has 0 unspecified atom stereocenters. The molecule has 0 bridgehead atoms. The van der Waals surface area contributed by atoms with Crippen LogP contribution in [0.15, 0.2) is 47.5 Å². The Kier molecular flexibility index (Phi) is 3.28. The van der Waals surface area contributed by atoms with Crippen LogP contribution in [-0.4, -0.2) is 25.0 Å². The average Bonchev–Trinajstić information content (AvgIpc) is 2.38. The predicted octanol–water partition coefficient (Wildman–Crippen LogP) is 2.22. The highest BCUT2D eigenvalue weighted by molar-refractivity contribution is 5.86. The lowest BCUT2D eigenvalue weighted by molar-refractivity contribution is 0.496. The van der Waals surface area contributed by atoms with E-state index < -0.39 is 0 Å². The maximum Gasteiger partial charge on any atom is 0.191 e. The molecule has 0 aliphatic heterocycles. The molecule has 0 amide bonds. The van der Waals surface area contributed by atoms with Crippen LogP contribution in [-0.2, 0) is 6.54 Å². The Labute approximate surface area is 102 Å². The maximum atomic E-state index is 5.78. The number of guanidine groups is 1. The van der Waals surface area contributed by atoms with Crippen molar-refractivity contribution in [3.63, 3.8) is 0 Å². The largest absolute Gasteiger partial charge is 0.370 e. The Hall–Kier alpha value is -2.03. The number of rotatable bonds is 2. The Bertz CT molecular complexity index is 541. The van der Waals surface area contributed by atoms with Crippen LogP contribution >= 0.6 is 0 Å². The SMILES string of the molecule is CN=C(N)N(C)Cc1cccc2ccccc12. The number of benzene rings is 2. The summed E-state index contributed by atoms with van der Waals surface area (Å²) in [6.45, 7) is 0.768. The van der Waals surface area contributed by atoms with Crippen molar-refractivity contribution in [2.24, 2.45) is 10.7 Å². The van der Waals surface area contributed by atoms with Gasteiger partial charge in [0.2, 0.25) is 0 Å². The van der Waals surface area contributed by atoms with Gasteiger partial charge < -0.3 is 10.6 Å². The van der Waals surface area contributed by atoms with Crippen molar-refractivity contribution in [1.82, 2.24) is 4.90 Å². The molecule has 0 aliphatic rings. The summed E-state index contributed by atoms with van der Waals surface area (Å²) in [5, 5.41) is 2.52. The van der Waals surface area contributed by atoms with Gasteiger partial charge in [-0.2, -0.15) is 0 Å². The van der Waals surface area contributed by atoms with Crippen LogP contribution in [0.25, 0.3) is 10.8 Å². The lowest BCUT2D eigenvalue weighted by Crippen LogP contribution is -2.33. The standard InChI is InChI=1S/C14H17N3/c1-16-14(15)17(2)10-12-8-5-7-11-6-3-4-9-13(11)12/h3-9H,10H2,1-2H3,(H2,15,16). The fourth-order valence-electron chi connectivity index (χ4n) is 1.94. The molecular weight excluding hydrogens is 210 g/mol. The van der Waals surface area contributed by atoms with Crippen molar-refractivity contribution >= 4 is 16.7 Å². The summed E-state index contributed by atoms with van der Waals surface area (Å²) in [5.41, 5.74) is 7.05. The van der Waals surface area contributed by atoms with E-state index in [9.17, 15) is 0 Å². The molecule has 0 saturated heterocycles. The van der Waals surface area contributed by atoms with Gasteiger partial charge in [0.25, 0.3) is 0 Å². The van der Waals surface area contributed by atoms with Crippen molar-refractivity contribution in [1.29, 1.82) is 0 Å². The summed E-state index contributed by atoms with van der Waals surface area (Å²) in [4.78, 5) is 5.93. The van der Waals surface area contributed by atoms with Gasteiger partial charge in [-0.25, -0.2) is 0 Å². The van der Waals surface area contributed by atoms with Crippen LogP contribution in [0.3, 0.4) is 0 Å². The molecule has 0 atom stereocenters. The molecule has 0 aromatic heterocycles. The van der Waals surface area contributed by atoms with Gasteiger partial charge in [-0.1, -0.05) is 42.5 Å². The van der Waals surface area contributed by atoms with Gasteiger partial charge >= 0.3 is 0 Å². The molecule has 3 heteroatoms. The second-order valence-corrected chi connectivity index (χ2v) is 4.08. The third kappa shape index (κ3) is 2.38. The summed E-state index contributed by atoms with van der Waals surface area (Å²) in [6.07, 6.45) is 0. The molecule has 2 N–H and O–H groups in total. The highest BCUT2D eigenvalue weighted by Crippen LogP contribution is 2.19. The first kappa shape index (κ1) is 11.5. The first-order chi connectivity index (χ1) is 8.22. The minimum Gasteiger partial charge on any atom is -0.370 e. The quantitative estimate of drug-likeness (QED) is 0.631. The predicted molar refractivity (Wildman–Crippen MR) is 73.0 cm³/mol. The van der Waals surface area contributed by atoms with Gasteiger partial charge in [0.05, 0.1) is 0 Å². The molecule has 2 aromatic carbocycles. The molecule has 2 rings (SSSR count). The van der Waals surface area contributed by atoms with Gasteiger partial charge in [-0.05, 0) is 16.3 Å². The van der Waals surface area contributed by atoms with E-state index in [-0.39, 0.29) is 0 Å². The Morgan fingerprint density at radius 1 is 1.18 bits per heavy atom. The first-order valence-corrected chi connectivity index (χ1v) is 5.62. The first-order valence-electron chi connectivity index (χ1n) is 5.62. The summed E-state index contributed by atoms with van der Waals surface area (Å²) < 4.78 is 0. The topological polar surface area (TPSA) is 41.6 Å². The van der Waals surface area contributed by atoms with Crippen LogP contribution < -0.4 is 5.73 Å². The highest BCUT2D eigenvalue weighted by Gasteiger charge is 2.05. The average molecular weight is 227 g/mol. The lowest BCUT2D eigenvalue weighted by Gasteiger charge is -2.18. The van der Waals surface area contributed by atoms with Crippen LogP contribution in [0.1, 0.15) is 5.56 Å². The van der Waals surface area contributed by atoms with E-state index in [4.69, 9.17) is 5.73 Å². The molecule has 88 valence electrons. The van der Waals surface area contributed by atoms with Crippen LogP contribution in [0.5, 0.6) is 0 Å². The van der Waals surface area contributed by atoms with Gasteiger partial charge in [0.15, 0.2) is 5.96 Å². The van der Waals surface area contributed by atoms with Crippen LogP contribution in [0, 0.1) is 0 Å². The molecule has 3 nitrogen and oxygen atoms in total. The van der Waals surface area contributed by atoms with Gasteiger partial charge in [-0.15, -0.1) is 0 Å². The number of hydrogen-bond acceptors (Lipinski definition) is 1. The molecule has 17 heavy (non-hydrogen) atoms. The number of aliphatic imine (C=N–C) groups is 1. The number of fused-ring (bicyclic) bond motifs is 1. The summed E-state index contributed by atoms with van der Waals surface area (Å²) in [6, 6.07) is 14.7. The molecule has 0 saturated carbocycles. The van der Waals surface area contributed by atoms with E-state index in [1.807, 2.05) is 11.9 Å². The van der Waals surface area contributed by atoms with Crippen molar-refractivity contribution in [2.75, 3.05) is 14.1 Å². The van der Waals surface area contributed by atoms with Crippen molar-refractivity contribution in [2.45, 2.75) is 6.54 Å². The van der Waals surface area contributed by atoms with Gasteiger partial charge in [0, 0.05) is 20.6 Å². The van der Waals surface area contributed by atoms with Crippen molar-refractivity contribution in [3.05, 3.63) is 48.0 Å². The Morgan fingerprint density at radius 2 is 1.88 bits per heavy atom. The lowest BCUT2D eigenvalue weighted by atomic mass is 10.0. The van der Waals surface area contributed by atoms with Crippen molar-refractivity contribution in [3.8, 4) is 0 Å². The van der Waals surface area contributed by atoms with Crippen LogP contribution in [0.2, 0.25) is 0 Å². The Balaban J connectivity index is 2.36. The minimum atomic E-state index is 0.554. The fourth-order valence-corrected chi connectivity index (χ4v) is 1.94. The van der Waals surface area contributed by atoms with E-state index in [1.165, 1.54) is 16.3 Å². The number of nitrogens with zero attached hydrogens (tertiary/aromatic N) is 2. The smallest absolute Gasteiger partial charge is 0.191 e. The molecule has 2 aromatic rings. The van der Waals surface area contributed by atoms with E-state index in [0.717, 1.165) is 6.54 Å². The van der Waals surface area contributed by atoms with E-state index in [0.29, 0.717) is 5.96 Å². The molecule has 0 fully saturated rings. The van der Waals surface area contributed by atoms with Crippen molar-refractivity contribution < 1.29 is 0 Å². The maximum absolute atomic E-state index is 5.78. The number of hydrogen-bond donors (Lipinski definition) is 1. The van der Waals surface area contributed by atoms with E-state index >= 15 is 0 Å². The molecule has 0 aliphatic carbocycles. The monoisotopic (exact) mass is 227 g/mol. The van der Waals surface area contributed by atoms with Gasteiger partial charge in [-0.3, -0.25) is 4.99 Å². The molecule has 0 spiro atoms. The summed E-state index contributed by atoms with van der Waals surface area (Å²) in [7, 11) is 3.65. The molecular formula is C14H17N3. The van der Waals surface area contributed by atoms with Crippen LogP contribution in [0.4, 0.5) is 0 Å². The Morgan fingerprint density at radius 3 is 2.65 bits per heavy atom. The summed E-state index contributed by atoms with van der Waals surface area (Å²) in [5.74, 6) is 0.554. The third-order valence-corrected chi connectivity index (χ3v) is 2.91. The second kappa shape index (κ2) is 4.87. The second-order valence-electron chi connectivity index (χ2n) is 4.08. The number of nitrogens with two attached hydrogens (primary N) is 1. The molecule has 0 radical (unpaired) electrons. The zero-order chi connectivity index (χ0) is 12.3. The highest BCUT2D eigenvalue weighted by atomic mass is 15.2. The zero-order valence-electron chi connectivity index (χ0n) is 10.2. The fraction of sp³-hybridized carbons (Fsp3) is 0.214. The third-order valence-electron chi connectivity index (χ3n) is 2.91.